The highest BCUT2D eigenvalue weighted by Gasteiger charge is 2.14. The molecule has 1 heterocycles. The first kappa shape index (κ1) is 15.3. The molecule has 0 N–H and O–H groups in total. The fourth-order valence-corrected chi connectivity index (χ4v) is 4.55. The van der Waals surface area contributed by atoms with Gasteiger partial charge in [-0.25, -0.2) is 4.39 Å². The molecule has 2 aromatic rings. The van der Waals surface area contributed by atoms with E-state index in [1.54, 1.807) is 12.1 Å². The van der Waals surface area contributed by atoms with Crippen molar-refractivity contribution < 1.29 is 4.39 Å². The van der Waals surface area contributed by atoms with Crippen molar-refractivity contribution in [2.45, 2.75) is 6.42 Å². The fraction of sp³-hybridized carbons (Fsp3) is 0.176. The summed E-state index contributed by atoms with van der Waals surface area (Å²) in [5.41, 5.74) is 2.62. The van der Waals surface area contributed by atoms with Crippen LogP contribution in [0, 0.1) is 5.82 Å². The Balaban J connectivity index is 1.93. The second kappa shape index (κ2) is 7.61. The third-order valence-electron chi connectivity index (χ3n) is 3.09. The average molecular weight is 330 g/mol. The molecule has 0 atom stereocenters. The molecule has 0 spiro atoms. The van der Waals surface area contributed by atoms with E-state index >= 15 is 0 Å². The van der Waals surface area contributed by atoms with Crippen molar-refractivity contribution in [3.05, 3.63) is 70.2 Å². The molecule has 1 saturated heterocycles. The van der Waals surface area contributed by atoms with Crippen molar-refractivity contribution >= 4 is 34.9 Å². The zero-order valence-corrected chi connectivity index (χ0v) is 13.5. The molecule has 0 radical (unpaired) electrons. The topological polar surface area (TPSA) is 24.7 Å². The first-order chi connectivity index (χ1) is 10.8. The SMILES string of the molecule is Fc1ccc(N=NC(=C2SCCCS2)c2ccccc2)cc1. The molecule has 0 amide bonds. The van der Waals surface area contributed by atoms with E-state index in [-0.39, 0.29) is 5.82 Å². The lowest BCUT2D eigenvalue weighted by Gasteiger charge is -2.15. The van der Waals surface area contributed by atoms with Gasteiger partial charge in [0.2, 0.25) is 0 Å². The normalized spacial score (nSPS) is 15.2. The van der Waals surface area contributed by atoms with Crippen LogP contribution in [0.5, 0.6) is 0 Å². The van der Waals surface area contributed by atoms with Crippen molar-refractivity contribution in [1.29, 1.82) is 0 Å². The molecular weight excluding hydrogens is 315 g/mol. The monoisotopic (exact) mass is 330 g/mol. The maximum atomic E-state index is 13.0. The Kier molecular flexibility index (Phi) is 5.29. The predicted octanol–water partition coefficient (Wildman–Crippen LogP) is 6.11. The van der Waals surface area contributed by atoms with E-state index in [4.69, 9.17) is 0 Å². The molecule has 1 aliphatic heterocycles. The van der Waals surface area contributed by atoms with Crippen LogP contribution >= 0.6 is 23.5 Å². The van der Waals surface area contributed by atoms with Crippen LogP contribution < -0.4 is 0 Å². The van der Waals surface area contributed by atoms with E-state index in [1.807, 2.05) is 53.9 Å². The quantitative estimate of drug-likeness (QED) is 0.635. The number of rotatable bonds is 3. The first-order valence-electron chi connectivity index (χ1n) is 7.05. The van der Waals surface area contributed by atoms with Crippen LogP contribution in [0.25, 0.3) is 5.70 Å². The second-order valence-electron chi connectivity index (χ2n) is 4.73. The maximum absolute atomic E-state index is 13.0. The minimum atomic E-state index is -0.265. The maximum Gasteiger partial charge on any atom is 0.123 e. The molecular formula is C17H15FN2S2. The summed E-state index contributed by atoms with van der Waals surface area (Å²) in [4.78, 5) is 0. The van der Waals surface area contributed by atoms with Gasteiger partial charge < -0.3 is 0 Å². The van der Waals surface area contributed by atoms with E-state index in [0.717, 1.165) is 22.8 Å². The smallest absolute Gasteiger partial charge is 0.123 e. The molecule has 112 valence electrons. The van der Waals surface area contributed by atoms with E-state index < -0.39 is 0 Å². The Bertz CT molecular complexity index is 674. The zero-order chi connectivity index (χ0) is 15.2. The summed E-state index contributed by atoms with van der Waals surface area (Å²) in [7, 11) is 0. The van der Waals surface area contributed by atoms with Gasteiger partial charge in [0.25, 0.3) is 0 Å². The lowest BCUT2D eigenvalue weighted by atomic mass is 10.2. The summed E-state index contributed by atoms with van der Waals surface area (Å²) in [5.74, 6) is 1.97. The lowest BCUT2D eigenvalue weighted by molar-refractivity contribution is 0.628. The number of azo groups is 1. The molecule has 1 aliphatic rings. The van der Waals surface area contributed by atoms with Gasteiger partial charge in [0, 0.05) is 5.56 Å². The largest absolute Gasteiger partial charge is 0.207 e. The average Bonchev–Trinajstić information content (AvgIpc) is 2.59. The third kappa shape index (κ3) is 3.99. The summed E-state index contributed by atoms with van der Waals surface area (Å²) >= 11 is 3.67. The van der Waals surface area contributed by atoms with Gasteiger partial charge in [-0.2, -0.15) is 5.11 Å². The van der Waals surface area contributed by atoms with Crippen molar-refractivity contribution in [2.24, 2.45) is 10.2 Å². The van der Waals surface area contributed by atoms with E-state index in [0.29, 0.717) is 5.69 Å². The predicted molar refractivity (Wildman–Crippen MR) is 93.8 cm³/mol. The zero-order valence-electron chi connectivity index (χ0n) is 11.9. The van der Waals surface area contributed by atoms with Gasteiger partial charge in [0.15, 0.2) is 0 Å². The molecule has 2 nitrogen and oxygen atoms in total. The number of hydrogen-bond donors (Lipinski definition) is 0. The standard InChI is InChI=1S/C17H15FN2S2/c18-14-7-9-15(10-8-14)19-20-16(13-5-2-1-3-6-13)17-21-11-4-12-22-17/h1-3,5-10H,4,11-12H2. The van der Waals surface area contributed by atoms with Crippen molar-refractivity contribution in [3.63, 3.8) is 0 Å². The summed E-state index contributed by atoms with van der Waals surface area (Å²) in [6, 6.07) is 16.1. The van der Waals surface area contributed by atoms with Crippen LogP contribution in [-0.4, -0.2) is 11.5 Å². The van der Waals surface area contributed by atoms with Crippen LogP contribution in [0.15, 0.2) is 69.1 Å². The van der Waals surface area contributed by atoms with Crippen LogP contribution in [0.3, 0.4) is 0 Å². The number of thioether (sulfide) groups is 2. The minimum Gasteiger partial charge on any atom is -0.207 e. The lowest BCUT2D eigenvalue weighted by Crippen LogP contribution is -1.94. The van der Waals surface area contributed by atoms with Crippen LogP contribution in [0.4, 0.5) is 10.1 Å². The molecule has 0 aromatic heterocycles. The molecule has 22 heavy (non-hydrogen) atoms. The molecule has 1 fully saturated rings. The highest BCUT2D eigenvalue weighted by atomic mass is 32.2. The van der Waals surface area contributed by atoms with Gasteiger partial charge in [0.1, 0.15) is 11.5 Å². The summed E-state index contributed by atoms with van der Waals surface area (Å²) in [5, 5.41) is 8.73. The van der Waals surface area contributed by atoms with Crippen molar-refractivity contribution in [1.82, 2.24) is 0 Å². The number of nitrogens with zero attached hydrogens (tertiary/aromatic N) is 2. The van der Waals surface area contributed by atoms with Gasteiger partial charge >= 0.3 is 0 Å². The number of benzene rings is 2. The van der Waals surface area contributed by atoms with Gasteiger partial charge in [0.05, 0.1) is 9.92 Å². The molecule has 0 unspecified atom stereocenters. The Hall–Kier alpha value is -1.59. The molecule has 0 saturated carbocycles. The van der Waals surface area contributed by atoms with Gasteiger partial charge in [-0.3, -0.25) is 0 Å². The minimum absolute atomic E-state index is 0.265. The fourth-order valence-electron chi connectivity index (χ4n) is 1.99. The molecule has 3 rings (SSSR count). The summed E-state index contributed by atoms with van der Waals surface area (Å²) < 4.78 is 14.2. The Morgan fingerprint density at radius 2 is 1.59 bits per heavy atom. The molecule has 0 aliphatic carbocycles. The number of halogens is 1. The van der Waals surface area contributed by atoms with Crippen molar-refractivity contribution in [2.75, 3.05) is 11.5 Å². The third-order valence-corrected chi connectivity index (χ3v) is 5.69. The highest BCUT2D eigenvalue weighted by Crippen LogP contribution is 2.41. The Morgan fingerprint density at radius 3 is 2.27 bits per heavy atom. The van der Waals surface area contributed by atoms with E-state index in [1.165, 1.54) is 22.8 Å². The van der Waals surface area contributed by atoms with E-state index in [9.17, 15) is 4.39 Å². The van der Waals surface area contributed by atoms with Crippen LogP contribution in [0.1, 0.15) is 12.0 Å². The summed E-state index contributed by atoms with van der Waals surface area (Å²) in [6.45, 7) is 0. The van der Waals surface area contributed by atoms with Gasteiger partial charge in [-0.1, -0.05) is 30.3 Å². The van der Waals surface area contributed by atoms with Gasteiger partial charge in [-0.15, -0.1) is 28.6 Å². The summed E-state index contributed by atoms with van der Waals surface area (Å²) in [6.07, 6.45) is 1.22. The first-order valence-corrected chi connectivity index (χ1v) is 9.03. The van der Waals surface area contributed by atoms with Crippen molar-refractivity contribution in [3.8, 4) is 0 Å². The van der Waals surface area contributed by atoms with Crippen LogP contribution in [-0.2, 0) is 0 Å². The molecule has 5 heteroatoms. The Labute approximate surface area is 137 Å². The Morgan fingerprint density at radius 1 is 0.909 bits per heavy atom. The van der Waals surface area contributed by atoms with Gasteiger partial charge in [-0.05, 0) is 42.2 Å². The highest BCUT2D eigenvalue weighted by molar-refractivity contribution is 8.23. The van der Waals surface area contributed by atoms with E-state index in [2.05, 4.69) is 10.2 Å². The molecule has 0 bridgehead atoms. The molecule has 2 aromatic carbocycles. The number of hydrogen-bond acceptors (Lipinski definition) is 4. The van der Waals surface area contributed by atoms with Crippen LogP contribution in [0.2, 0.25) is 0 Å². The second-order valence-corrected chi connectivity index (χ2v) is 7.20.